The Morgan fingerprint density at radius 1 is 1.43 bits per heavy atom. The number of thiocarbonyl (C=S) groups is 1. The highest BCUT2D eigenvalue weighted by molar-refractivity contribution is 7.80. The van der Waals surface area contributed by atoms with Gasteiger partial charge >= 0.3 is 0 Å². The maximum atomic E-state index is 12.1. The van der Waals surface area contributed by atoms with Crippen LogP contribution in [-0.2, 0) is 4.79 Å². The molecule has 5 heteroatoms. The van der Waals surface area contributed by atoms with Gasteiger partial charge in [-0.2, -0.15) is 0 Å². The Balaban J connectivity index is 2.65. The fraction of sp³-hybridized carbons (Fsp3) is 0.500. The Hall–Kier alpha value is -1.13. The summed E-state index contributed by atoms with van der Waals surface area (Å²) in [4.78, 5) is 12.3. The summed E-state index contributed by atoms with van der Waals surface area (Å²) in [6, 6.07) is 5.14. The molecule has 3 N–H and O–H groups in total. The fourth-order valence-electron chi connectivity index (χ4n) is 2.41. The first-order valence-corrected chi connectivity index (χ1v) is 7.76. The quantitative estimate of drug-likeness (QED) is 0.790. The minimum atomic E-state index is -0.0308. The van der Waals surface area contributed by atoms with Crippen LogP contribution in [0.5, 0.6) is 0 Å². The van der Waals surface area contributed by atoms with Crippen LogP contribution in [-0.4, -0.2) is 10.9 Å². The third-order valence-electron chi connectivity index (χ3n) is 3.02. The first kappa shape index (κ1) is 17.9. The second-order valence-corrected chi connectivity index (χ2v) is 7.53. The topological polar surface area (TPSA) is 55.1 Å². The number of hydrogen-bond donors (Lipinski definition) is 2. The van der Waals surface area contributed by atoms with E-state index < -0.39 is 0 Å². The number of hydrogen-bond acceptors (Lipinski definition) is 2. The van der Waals surface area contributed by atoms with Crippen molar-refractivity contribution in [2.75, 3.05) is 5.32 Å². The van der Waals surface area contributed by atoms with Crippen LogP contribution >= 0.6 is 23.8 Å². The van der Waals surface area contributed by atoms with Crippen molar-refractivity contribution in [1.29, 1.82) is 0 Å². The number of nitrogens with one attached hydrogen (secondary N) is 1. The van der Waals surface area contributed by atoms with Gasteiger partial charge in [0.15, 0.2) is 0 Å². The molecule has 116 valence electrons. The summed E-state index contributed by atoms with van der Waals surface area (Å²) in [5.41, 5.74) is 7.04. The third kappa shape index (κ3) is 6.44. The van der Waals surface area contributed by atoms with Crippen molar-refractivity contribution < 1.29 is 4.79 Å². The molecule has 1 atom stereocenters. The van der Waals surface area contributed by atoms with E-state index in [0.717, 1.165) is 6.42 Å². The second kappa shape index (κ2) is 7.23. The van der Waals surface area contributed by atoms with Gasteiger partial charge in [-0.15, -0.1) is 0 Å². The van der Waals surface area contributed by atoms with Gasteiger partial charge in [0.2, 0.25) is 5.91 Å². The van der Waals surface area contributed by atoms with Crippen molar-refractivity contribution in [3.8, 4) is 0 Å². The van der Waals surface area contributed by atoms with Crippen LogP contribution in [0.2, 0.25) is 5.02 Å². The van der Waals surface area contributed by atoms with Crippen LogP contribution in [0.4, 0.5) is 5.69 Å². The molecule has 3 nitrogen and oxygen atoms in total. The highest BCUT2D eigenvalue weighted by Gasteiger charge is 2.18. The largest absolute Gasteiger partial charge is 0.389 e. The van der Waals surface area contributed by atoms with Gasteiger partial charge in [-0.1, -0.05) is 51.5 Å². The predicted molar refractivity (Wildman–Crippen MR) is 93.8 cm³/mol. The first-order chi connectivity index (χ1) is 9.58. The van der Waals surface area contributed by atoms with Gasteiger partial charge in [0, 0.05) is 12.0 Å². The van der Waals surface area contributed by atoms with Crippen molar-refractivity contribution >= 4 is 40.4 Å². The zero-order chi connectivity index (χ0) is 16.2. The monoisotopic (exact) mass is 326 g/mol. The molecule has 21 heavy (non-hydrogen) atoms. The van der Waals surface area contributed by atoms with Crippen molar-refractivity contribution in [2.24, 2.45) is 17.1 Å². The van der Waals surface area contributed by atoms with E-state index in [9.17, 15) is 4.79 Å². The number of carbonyl (C=O) groups excluding carboxylic acids is 1. The molecule has 0 heterocycles. The van der Waals surface area contributed by atoms with Gasteiger partial charge in [-0.05, 0) is 36.0 Å². The summed E-state index contributed by atoms with van der Waals surface area (Å²) in [6.45, 7) is 8.61. The fourth-order valence-corrected chi connectivity index (χ4v) is 2.76. The molecular weight excluding hydrogens is 304 g/mol. The van der Waals surface area contributed by atoms with Crippen molar-refractivity contribution in [3.05, 3.63) is 28.8 Å². The van der Waals surface area contributed by atoms with E-state index in [1.807, 2.05) is 0 Å². The van der Waals surface area contributed by atoms with Gasteiger partial charge in [-0.25, -0.2) is 0 Å². The lowest BCUT2D eigenvalue weighted by Gasteiger charge is -2.22. The van der Waals surface area contributed by atoms with Crippen LogP contribution < -0.4 is 11.1 Å². The SMILES string of the molecule is CC(CC(=O)Nc1ccc(C(N)=S)cc1Cl)CC(C)(C)C. The summed E-state index contributed by atoms with van der Waals surface area (Å²) in [5, 5.41) is 3.28. The average Bonchev–Trinajstić information content (AvgIpc) is 2.28. The van der Waals surface area contributed by atoms with Crippen molar-refractivity contribution in [2.45, 2.75) is 40.5 Å². The number of rotatable bonds is 5. The maximum absolute atomic E-state index is 12.1. The van der Waals surface area contributed by atoms with E-state index >= 15 is 0 Å². The minimum Gasteiger partial charge on any atom is -0.389 e. The lowest BCUT2D eigenvalue weighted by molar-refractivity contribution is -0.117. The summed E-state index contributed by atoms with van der Waals surface area (Å²) in [5.74, 6) is 0.288. The van der Waals surface area contributed by atoms with E-state index in [0.29, 0.717) is 28.6 Å². The maximum Gasteiger partial charge on any atom is 0.224 e. The first-order valence-electron chi connectivity index (χ1n) is 6.97. The third-order valence-corrected chi connectivity index (χ3v) is 3.57. The predicted octanol–water partition coefficient (Wildman–Crippen LogP) is 4.38. The zero-order valence-electron chi connectivity index (χ0n) is 13.0. The average molecular weight is 327 g/mol. The molecule has 0 aliphatic carbocycles. The van der Waals surface area contributed by atoms with Gasteiger partial charge in [0.1, 0.15) is 4.99 Å². The zero-order valence-corrected chi connectivity index (χ0v) is 14.6. The van der Waals surface area contributed by atoms with E-state index in [4.69, 9.17) is 29.6 Å². The molecule has 0 spiro atoms. The molecule has 1 unspecified atom stereocenters. The van der Waals surface area contributed by atoms with Crippen LogP contribution in [0, 0.1) is 11.3 Å². The lowest BCUT2D eigenvalue weighted by Crippen LogP contribution is -2.19. The molecule has 1 rings (SSSR count). The normalized spacial score (nSPS) is 12.8. The molecule has 0 aliphatic heterocycles. The van der Waals surface area contributed by atoms with E-state index in [2.05, 4.69) is 33.0 Å². The Labute approximate surface area is 137 Å². The highest BCUT2D eigenvalue weighted by atomic mass is 35.5. The van der Waals surface area contributed by atoms with Crippen molar-refractivity contribution in [1.82, 2.24) is 0 Å². The van der Waals surface area contributed by atoms with Crippen molar-refractivity contribution in [3.63, 3.8) is 0 Å². The summed E-state index contributed by atoms with van der Waals surface area (Å²) >= 11 is 11.0. The van der Waals surface area contributed by atoms with E-state index in [1.54, 1.807) is 18.2 Å². The van der Waals surface area contributed by atoms with Gasteiger partial charge in [-0.3, -0.25) is 4.79 Å². The molecule has 0 radical (unpaired) electrons. The number of nitrogens with two attached hydrogens (primary N) is 1. The van der Waals surface area contributed by atoms with Gasteiger partial charge in [0.05, 0.1) is 10.7 Å². The number of anilines is 1. The van der Waals surface area contributed by atoms with E-state index in [-0.39, 0.29) is 16.3 Å². The van der Waals surface area contributed by atoms with Crippen LogP contribution in [0.25, 0.3) is 0 Å². The van der Waals surface area contributed by atoms with Gasteiger partial charge < -0.3 is 11.1 Å². The molecular formula is C16H23ClN2OS. The number of halogens is 1. The molecule has 1 aromatic carbocycles. The second-order valence-electron chi connectivity index (χ2n) is 6.68. The number of carbonyl (C=O) groups is 1. The van der Waals surface area contributed by atoms with Gasteiger partial charge in [0.25, 0.3) is 0 Å². The lowest BCUT2D eigenvalue weighted by atomic mass is 9.84. The number of amides is 1. The molecule has 0 saturated carbocycles. The summed E-state index contributed by atoms with van der Waals surface area (Å²) < 4.78 is 0. The Morgan fingerprint density at radius 2 is 2.05 bits per heavy atom. The molecule has 0 fully saturated rings. The smallest absolute Gasteiger partial charge is 0.224 e. The van der Waals surface area contributed by atoms with E-state index in [1.165, 1.54) is 0 Å². The highest BCUT2D eigenvalue weighted by Crippen LogP contribution is 2.27. The number of benzene rings is 1. The standard InChI is InChI=1S/C16H23ClN2OS/c1-10(9-16(2,3)4)7-14(20)19-13-6-5-11(15(18)21)8-12(13)17/h5-6,8,10H,7,9H2,1-4H3,(H2,18,21)(H,19,20). The molecule has 0 aliphatic rings. The van der Waals surface area contributed by atoms with Crippen LogP contribution in [0.3, 0.4) is 0 Å². The molecule has 0 saturated heterocycles. The molecule has 1 amide bonds. The van der Waals surface area contributed by atoms with Crippen LogP contribution in [0.1, 0.15) is 46.1 Å². The Morgan fingerprint density at radius 3 is 2.52 bits per heavy atom. The minimum absolute atomic E-state index is 0.0308. The summed E-state index contributed by atoms with van der Waals surface area (Å²) in [6.07, 6.45) is 1.47. The molecule has 0 bridgehead atoms. The Bertz CT molecular complexity index is 538. The summed E-state index contributed by atoms with van der Waals surface area (Å²) in [7, 11) is 0. The van der Waals surface area contributed by atoms with Crippen LogP contribution in [0.15, 0.2) is 18.2 Å². The Kier molecular flexibility index (Phi) is 6.17. The molecule has 0 aromatic heterocycles. The molecule has 1 aromatic rings.